The van der Waals surface area contributed by atoms with E-state index >= 15 is 0 Å². The number of hydrazine groups is 3. The van der Waals surface area contributed by atoms with Crippen LogP contribution < -0.4 is 21.9 Å². The van der Waals surface area contributed by atoms with Crippen LogP contribution in [-0.2, 0) is 16.1 Å². The normalized spacial score (nSPS) is 15.1. The van der Waals surface area contributed by atoms with E-state index in [2.05, 4.69) is 34.1 Å². The Labute approximate surface area is 189 Å². The molecule has 1 aliphatic heterocycles. The number of hydrogen-bond donors (Lipinski definition) is 5. The van der Waals surface area contributed by atoms with Gasteiger partial charge in [-0.15, -0.1) is 0 Å². The Hall–Kier alpha value is -2.78. The lowest BCUT2D eigenvalue weighted by Gasteiger charge is -2.32. The van der Waals surface area contributed by atoms with E-state index in [9.17, 15) is 14.7 Å². The van der Waals surface area contributed by atoms with Gasteiger partial charge in [-0.2, -0.15) is 11.1 Å². The van der Waals surface area contributed by atoms with Crippen molar-refractivity contribution in [2.75, 3.05) is 0 Å². The van der Waals surface area contributed by atoms with Crippen LogP contribution in [0.15, 0.2) is 48.5 Å². The number of rotatable bonds is 10. The van der Waals surface area contributed by atoms with Gasteiger partial charge >= 0.3 is 5.97 Å². The van der Waals surface area contributed by atoms with Crippen LogP contribution >= 0.6 is 0 Å². The van der Waals surface area contributed by atoms with E-state index in [0.717, 1.165) is 35.1 Å². The van der Waals surface area contributed by atoms with E-state index in [1.165, 1.54) is 4.90 Å². The molecule has 0 bridgehead atoms. The summed E-state index contributed by atoms with van der Waals surface area (Å²) in [5, 5.41) is 9.78. The molecule has 2 aromatic carbocycles. The van der Waals surface area contributed by atoms with Crippen molar-refractivity contribution in [3.63, 3.8) is 0 Å². The van der Waals surface area contributed by atoms with Crippen molar-refractivity contribution in [3.8, 4) is 11.1 Å². The van der Waals surface area contributed by atoms with E-state index in [-0.39, 0.29) is 24.5 Å². The molecule has 0 aromatic heterocycles. The van der Waals surface area contributed by atoms with Gasteiger partial charge in [-0.05, 0) is 34.6 Å². The van der Waals surface area contributed by atoms with Crippen LogP contribution in [0.2, 0.25) is 0 Å². The number of benzene rings is 2. The second-order valence-electron chi connectivity index (χ2n) is 8.41. The molecule has 0 spiro atoms. The highest BCUT2D eigenvalue weighted by Gasteiger charge is 2.32. The molecule has 1 saturated heterocycles. The predicted octanol–water partition coefficient (Wildman–Crippen LogP) is 3.10. The molecule has 32 heavy (non-hydrogen) atoms. The first-order chi connectivity index (χ1) is 15.4. The maximum Gasteiger partial charge on any atom is 0.326 e. The van der Waals surface area contributed by atoms with Crippen molar-refractivity contribution in [1.29, 1.82) is 0 Å². The predicted molar refractivity (Wildman–Crippen MR) is 123 cm³/mol. The molecule has 2 aromatic rings. The van der Waals surface area contributed by atoms with E-state index < -0.39 is 12.0 Å². The Kier molecular flexibility index (Phi) is 8.35. The smallest absolute Gasteiger partial charge is 0.326 e. The van der Waals surface area contributed by atoms with Gasteiger partial charge in [0.25, 0.3) is 0 Å². The molecule has 1 aliphatic rings. The summed E-state index contributed by atoms with van der Waals surface area (Å²) in [6.45, 7) is 5.98. The summed E-state index contributed by atoms with van der Waals surface area (Å²) in [7, 11) is 0. The molecule has 1 amide bonds. The lowest BCUT2D eigenvalue weighted by molar-refractivity contribution is -0.153. The second-order valence-corrected chi connectivity index (χ2v) is 8.41. The lowest BCUT2D eigenvalue weighted by atomic mass is 9.96. The van der Waals surface area contributed by atoms with Gasteiger partial charge in [-0.3, -0.25) is 4.79 Å². The molecule has 1 heterocycles. The highest BCUT2D eigenvalue weighted by molar-refractivity contribution is 5.84. The molecular formula is C24H33N5O3. The summed E-state index contributed by atoms with van der Waals surface area (Å²) >= 11 is 0. The monoisotopic (exact) mass is 439 g/mol. The topological polar surface area (TPSA) is 106 Å². The summed E-state index contributed by atoms with van der Waals surface area (Å²) in [5.74, 6) is -1.26. The number of carboxylic acids is 1. The van der Waals surface area contributed by atoms with Crippen LogP contribution in [0, 0.1) is 5.92 Å². The average Bonchev–Trinajstić information content (AvgIpc) is 3.32. The quantitative estimate of drug-likeness (QED) is 0.387. The molecule has 8 heteroatoms. The molecule has 0 saturated carbocycles. The van der Waals surface area contributed by atoms with Gasteiger partial charge in [0.05, 0.1) is 0 Å². The first-order valence-electron chi connectivity index (χ1n) is 11.1. The van der Waals surface area contributed by atoms with Gasteiger partial charge < -0.3 is 10.0 Å². The van der Waals surface area contributed by atoms with Gasteiger partial charge in [0, 0.05) is 13.0 Å². The van der Waals surface area contributed by atoms with Crippen LogP contribution in [-0.4, -0.2) is 27.9 Å². The molecule has 3 rings (SSSR count). The number of unbranched alkanes of at least 4 members (excludes halogenated alkanes) is 1. The Bertz CT molecular complexity index is 910. The van der Waals surface area contributed by atoms with Gasteiger partial charge in [-0.25, -0.2) is 15.6 Å². The average molecular weight is 440 g/mol. The van der Waals surface area contributed by atoms with Gasteiger partial charge in [-0.1, -0.05) is 75.7 Å². The number of nitrogens with one attached hydrogen (secondary N) is 4. The largest absolute Gasteiger partial charge is 0.480 e. The Morgan fingerprint density at radius 1 is 1.03 bits per heavy atom. The number of hydrogen-bond acceptors (Lipinski definition) is 6. The lowest BCUT2D eigenvalue weighted by Crippen LogP contribution is -2.47. The van der Waals surface area contributed by atoms with Crippen molar-refractivity contribution in [3.05, 3.63) is 59.7 Å². The summed E-state index contributed by atoms with van der Waals surface area (Å²) in [6, 6.07) is 15.2. The zero-order valence-corrected chi connectivity index (χ0v) is 18.9. The van der Waals surface area contributed by atoms with Crippen molar-refractivity contribution < 1.29 is 14.7 Å². The van der Waals surface area contributed by atoms with Crippen LogP contribution in [0.25, 0.3) is 11.1 Å². The Morgan fingerprint density at radius 3 is 2.28 bits per heavy atom. The van der Waals surface area contributed by atoms with Crippen molar-refractivity contribution >= 4 is 11.9 Å². The fraction of sp³-hybridized carbons (Fsp3) is 0.417. The molecule has 172 valence electrons. The van der Waals surface area contributed by atoms with Gasteiger partial charge in [0.1, 0.15) is 12.2 Å². The molecule has 5 N–H and O–H groups in total. The van der Waals surface area contributed by atoms with E-state index in [0.29, 0.717) is 6.42 Å². The molecule has 1 atom stereocenters. The molecule has 0 aliphatic carbocycles. The molecular weight excluding hydrogens is 406 g/mol. The summed E-state index contributed by atoms with van der Waals surface area (Å²) in [6.07, 6.45) is 1.92. The maximum atomic E-state index is 12.9. The van der Waals surface area contributed by atoms with Crippen LogP contribution in [0.5, 0.6) is 0 Å². The number of nitrogens with zero attached hydrogens (tertiary/aromatic N) is 1. The van der Waals surface area contributed by atoms with E-state index in [1.54, 1.807) is 0 Å². The first-order valence-corrected chi connectivity index (χ1v) is 11.1. The Morgan fingerprint density at radius 2 is 1.69 bits per heavy atom. The first kappa shape index (κ1) is 23.9. The molecule has 1 fully saturated rings. The van der Waals surface area contributed by atoms with Crippen LogP contribution in [0.3, 0.4) is 0 Å². The number of aliphatic carboxylic acids is 1. The minimum atomic E-state index is -0.964. The number of amides is 1. The fourth-order valence-corrected chi connectivity index (χ4v) is 4.00. The summed E-state index contributed by atoms with van der Waals surface area (Å²) in [4.78, 5) is 26.3. The highest BCUT2D eigenvalue weighted by atomic mass is 16.4. The zero-order valence-electron chi connectivity index (χ0n) is 18.9. The van der Waals surface area contributed by atoms with Crippen molar-refractivity contribution in [2.45, 2.75) is 58.8 Å². The Balaban J connectivity index is 1.84. The molecule has 0 radical (unpaired) electrons. The third-order valence-corrected chi connectivity index (χ3v) is 5.67. The highest BCUT2D eigenvalue weighted by Crippen LogP contribution is 2.28. The number of carboxylic acid groups (broad SMARTS) is 1. The van der Waals surface area contributed by atoms with Gasteiger partial charge in [0.15, 0.2) is 0 Å². The SMILES string of the molecule is CCCCC(=O)N(Cc1ccc(-c2ccccc2C2NNNN2)cc1)C(C(=O)O)C(C)C. The number of carbonyl (C=O) groups is 2. The van der Waals surface area contributed by atoms with Crippen molar-refractivity contribution in [1.82, 2.24) is 26.8 Å². The van der Waals surface area contributed by atoms with Gasteiger partial charge in [0.2, 0.25) is 5.91 Å². The summed E-state index contributed by atoms with van der Waals surface area (Å²) in [5.41, 5.74) is 16.0. The third-order valence-electron chi connectivity index (χ3n) is 5.67. The minimum absolute atomic E-state index is 0.0834. The van der Waals surface area contributed by atoms with E-state index in [4.69, 9.17) is 0 Å². The van der Waals surface area contributed by atoms with Crippen LogP contribution in [0.1, 0.15) is 57.3 Å². The van der Waals surface area contributed by atoms with E-state index in [1.807, 2.05) is 57.2 Å². The zero-order chi connectivity index (χ0) is 23.1. The van der Waals surface area contributed by atoms with Crippen LogP contribution in [0.4, 0.5) is 0 Å². The standard InChI is InChI=1S/C24H33N5O3/c1-4-5-10-21(30)29(22(16(2)3)24(31)32)15-17-11-13-18(14-12-17)19-8-6-7-9-20(19)23-25-27-28-26-23/h6-9,11-14,16,22-23,25-28H,4-5,10,15H2,1-3H3,(H,31,32). The summed E-state index contributed by atoms with van der Waals surface area (Å²) < 4.78 is 0. The van der Waals surface area contributed by atoms with Crippen molar-refractivity contribution in [2.24, 2.45) is 5.92 Å². The maximum absolute atomic E-state index is 12.9. The second kappa shape index (κ2) is 11.2. The number of carbonyl (C=O) groups excluding carboxylic acids is 1. The third kappa shape index (κ3) is 5.72. The molecule has 8 nitrogen and oxygen atoms in total. The minimum Gasteiger partial charge on any atom is -0.480 e. The molecule has 1 unspecified atom stereocenters. The fourth-order valence-electron chi connectivity index (χ4n) is 4.00.